The van der Waals surface area contributed by atoms with E-state index in [0.29, 0.717) is 6.54 Å². The highest BCUT2D eigenvalue weighted by Gasteiger charge is 2.02. The third-order valence-electron chi connectivity index (χ3n) is 2.43. The molecule has 0 aliphatic rings. The smallest absolute Gasteiger partial charge is 0.304 e. The summed E-state index contributed by atoms with van der Waals surface area (Å²) in [7, 11) is 1.91. The van der Waals surface area contributed by atoms with Crippen LogP contribution < -0.4 is 0 Å². The third kappa shape index (κ3) is 4.79. The first kappa shape index (κ1) is 12.5. The first-order valence-corrected chi connectivity index (χ1v) is 5.26. The molecule has 0 heterocycles. The van der Waals surface area contributed by atoms with E-state index >= 15 is 0 Å². The van der Waals surface area contributed by atoms with Crippen molar-refractivity contribution in [2.75, 3.05) is 20.1 Å². The molecule has 0 aliphatic heterocycles. The molecule has 1 aromatic rings. The Morgan fingerprint density at radius 1 is 1.25 bits per heavy atom. The van der Waals surface area contributed by atoms with E-state index in [1.165, 1.54) is 0 Å². The van der Waals surface area contributed by atoms with Gasteiger partial charge in [-0.15, -0.1) is 0 Å². The molecular weight excluding hydrogens is 206 g/mol. The average molecular weight is 223 g/mol. The van der Waals surface area contributed by atoms with Gasteiger partial charge in [0.25, 0.3) is 0 Å². The summed E-state index contributed by atoms with van der Waals surface area (Å²) in [6, 6.07) is 7.07. The zero-order chi connectivity index (χ0) is 12.0. The highest BCUT2D eigenvalue weighted by Crippen LogP contribution is 2.10. The van der Waals surface area contributed by atoms with Crippen molar-refractivity contribution >= 4 is 5.97 Å². The van der Waals surface area contributed by atoms with E-state index in [1.807, 2.05) is 24.1 Å². The highest BCUT2D eigenvalue weighted by atomic mass is 16.4. The van der Waals surface area contributed by atoms with Crippen molar-refractivity contribution in [1.29, 1.82) is 0 Å². The number of carboxylic acid groups (broad SMARTS) is 1. The number of rotatable bonds is 6. The summed E-state index contributed by atoms with van der Waals surface area (Å²) in [6.45, 7) is 1.38. The van der Waals surface area contributed by atoms with Crippen molar-refractivity contribution in [3.05, 3.63) is 29.8 Å². The van der Waals surface area contributed by atoms with Crippen molar-refractivity contribution in [3.63, 3.8) is 0 Å². The minimum Gasteiger partial charge on any atom is -0.508 e. The van der Waals surface area contributed by atoms with Crippen molar-refractivity contribution < 1.29 is 15.0 Å². The summed E-state index contributed by atoms with van der Waals surface area (Å²) >= 11 is 0. The number of hydrogen-bond donors (Lipinski definition) is 2. The topological polar surface area (TPSA) is 60.8 Å². The maximum absolute atomic E-state index is 10.4. The molecule has 0 fully saturated rings. The lowest BCUT2D eigenvalue weighted by molar-refractivity contribution is -0.137. The molecule has 0 aromatic heterocycles. The average Bonchev–Trinajstić information content (AvgIpc) is 2.25. The monoisotopic (exact) mass is 223 g/mol. The Morgan fingerprint density at radius 3 is 2.44 bits per heavy atom. The summed E-state index contributed by atoms with van der Waals surface area (Å²) in [6.07, 6.45) is 1.03. The number of benzene rings is 1. The van der Waals surface area contributed by atoms with Crippen molar-refractivity contribution in [2.45, 2.75) is 12.8 Å². The lowest BCUT2D eigenvalue weighted by atomic mass is 10.1. The molecular formula is C12H17NO3. The Labute approximate surface area is 95.1 Å². The van der Waals surface area contributed by atoms with Crippen LogP contribution in [0.15, 0.2) is 24.3 Å². The van der Waals surface area contributed by atoms with Crippen LogP contribution >= 0.6 is 0 Å². The molecule has 4 nitrogen and oxygen atoms in total. The maximum Gasteiger partial charge on any atom is 0.304 e. The minimum absolute atomic E-state index is 0.173. The number of likely N-dealkylation sites (N-methyl/N-ethyl adjacent to an activating group) is 1. The summed E-state index contributed by atoms with van der Waals surface area (Å²) < 4.78 is 0. The Kier molecular flexibility index (Phi) is 4.79. The third-order valence-corrected chi connectivity index (χ3v) is 2.43. The molecule has 2 N–H and O–H groups in total. The van der Waals surface area contributed by atoms with Gasteiger partial charge in [-0.2, -0.15) is 0 Å². The van der Waals surface area contributed by atoms with Gasteiger partial charge in [-0.1, -0.05) is 12.1 Å². The van der Waals surface area contributed by atoms with E-state index in [-0.39, 0.29) is 12.2 Å². The predicted molar refractivity (Wildman–Crippen MR) is 61.6 cm³/mol. The maximum atomic E-state index is 10.4. The van der Waals surface area contributed by atoms with Crippen molar-refractivity contribution in [1.82, 2.24) is 4.90 Å². The molecule has 0 radical (unpaired) electrons. The SMILES string of the molecule is CN(CCC(=O)O)CCc1ccc(O)cc1. The van der Waals surface area contributed by atoms with Crippen LogP contribution in [0.2, 0.25) is 0 Å². The number of phenolic OH excluding ortho intramolecular Hbond substituents is 1. The van der Waals surface area contributed by atoms with Gasteiger partial charge in [0.2, 0.25) is 0 Å². The minimum atomic E-state index is -0.767. The van der Waals surface area contributed by atoms with Gasteiger partial charge in [-0.3, -0.25) is 4.79 Å². The molecule has 1 aromatic carbocycles. The largest absolute Gasteiger partial charge is 0.508 e. The molecule has 0 spiro atoms. The lowest BCUT2D eigenvalue weighted by Crippen LogP contribution is -2.24. The first-order chi connectivity index (χ1) is 7.58. The fraction of sp³-hybridized carbons (Fsp3) is 0.417. The Morgan fingerprint density at radius 2 is 1.88 bits per heavy atom. The van der Waals surface area contributed by atoms with Crippen LogP contribution in [0.1, 0.15) is 12.0 Å². The molecule has 0 atom stereocenters. The number of aliphatic carboxylic acids is 1. The van der Waals surface area contributed by atoms with Crippen LogP contribution in [0.3, 0.4) is 0 Å². The molecule has 0 aliphatic carbocycles. The van der Waals surface area contributed by atoms with Gasteiger partial charge in [0.1, 0.15) is 5.75 Å². The second-order valence-electron chi connectivity index (χ2n) is 3.86. The number of aromatic hydroxyl groups is 1. The van der Waals surface area contributed by atoms with Gasteiger partial charge in [0.05, 0.1) is 6.42 Å². The van der Waals surface area contributed by atoms with Gasteiger partial charge < -0.3 is 15.1 Å². The molecule has 0 saturated heterocycles. The Balaban J connectivity index is 2.28. The van der Waals surface area contributed by atoms with Crippen LogP contribution in [-0.2, 0) is 11.2 Å². The quantitative estimate of drug-likeness (QED) is 0.764. The second kappa shape index (κ2) is 6.12. The lowest BCUT2D eigenvalue weighted by Gasteiger charge is -2.15. The Hall–Kier alpha value is -1.55. The van der Waals surface area contributed by atoms with Gasteiger partial charge in [0, 0.05) is 13.1 Å². The Bertz CT molecular complexity index is 335. The summed E-state index contributed by atoms with van der Waals surface area (Å²) in [5, 5.41) is 17.6. The van der Waals surface area contributed by atoms with Gasteiger partial charge in [-0.25, -0.2) is 0 Å². The number of phenols is 1. The first-order valence-electron chi connectivity index (χ1n) is 5.26. The fourth-order valence-electron chi connectivity index (χ4n) is 1.38. The number of carbonyl (C=O) groups is 1. The van der Waals surface area contributed by atoms with Gasteiger partial charge in [0.15, 0.2) is 0 Å². The van der Waals surface area contributed by atoms with Crippen LogP contribution in [0, 0.1) is 0 Å². The van der Waals surface area contributed by atoms with Crippen LogP contribution in [0.25, 0.3) is 0 Å². The van der Waals surface area contributed by atoms with Crippen LogP contribution in [0.4, 0.5) is 0 Å². The van der Waals surface area contributed by atoms with Crippen LogP contribution in [-0.4, -0.2) is 41.2 Å². The molecule has 0 saturated carbocycles. The predicted octanol–water partition coefficient (Wildman–Crippen LogP) is 1.34. The van der Waals surface area contributed by atoms with E-state index in [9.17, 15) is 4.79 Å². The second-order valence-corrected chi connectivity index (χ2v) is 3.86. The molecule has 0 amide bonds. The molecule has 0 unspecified atom stereocenters. The molecule has 88 valence electrons. The molecule has 1 rings (SSSR count). The van der Waals surface area contributed by atoms with E-state index in [4.69, 9.17) is 10.2 Å². The standard InChI is InChI=1S/C12H17NO3/c1-13(9-7-12(15)16)8-6-10-2-4-11(14)5-3-10/h2-5,14H,6-9H2,1H3,(H,15,16). The summed E-state index contributed by atoms with van der Waals surface area (Å²) in [5.74, 6) is -0.500. The van der Waals surface area contributed by atoms with Crippen molar-refractivity contribution in [2.24, 2.45) is 0 Å². The number of hydrogen-bond acceptors (Lipinski definition) is 3. The van der Waals surface area contributed by atoms with Crippen molar-refractivity contribution in [3.8, 4) is 5.75 Å². The summed E-state index contributed by atoms with van der Waals surface area (Å²) in [5.41, 5.74) is 1.14. The zero-order valence-corrected chi connectivity index (χ0v) is 9.39. The van der Waals surface area contributed by atoms with E-state index in [0.717, 1.165) is 18.5 Å². The molecule has 0 bridgehead atoms. The van der Waals surface area contributed by atoms with E-state index < -0.39 is 5.97 Å². The zero-order valence-electron chi connectivity index (χ0n) is 9.39. The fourth-order valence-corrected chi connectivity index (χ4v) is 1.38. The summed E-state index contributed by atoms with van der Waals surface area (Å²) in [4.78, 5) is 12.3. The molecule has 16 heavy (non-hydrogen) atoms. The number of nitrogens with zero attached hydrogens (tertiary/aromatic N) is 1. The highest BCUT2D eigenvalue weighted by molar-refractivity contribution is 5.66. The van der Waals surface area contributed by atoms with E-state index in [2.05, 4.69) is 0 Å². The van der Waals surface area contributed by atoms with E-state index in [1.54, 1.807) is 12.1 Å². The van der Waals surface area contributed by atoms with Gasteiger partial charge in [-0.05, 0) is 31.2 Å². The molecule has 4 heteroatoms. The number of carboxylic acids is 1. The van der Waals surface area contributed by atoms with Gasteiger partial charge >= 0.3 is 5.97 Å². The normalized spacial score (nSPS) is 10.6. The van der Waals surface area contributed by atoms with Crippen LogP contribution in [0.5, 0.6) is 5.75 Å².